The van der Waals surface area contributed by atoms with Crippen LogP contribution in [-0.2, 0) is 17.9 Å². The van der Waals surface area contributed by atoms with Crippen LogP contribution in [0.15, 0.2) is 88.8 Å². The molecule has 1 saturated carbocycles. The summed E-state index contributed by atoms with van der Waals surface area (Å²) in [4.78, 5) is 51.4. The Hall–Kier alpha value is -5.66. The second-order valence-corrected chi connectivity index (χ2v) is 13.9. The van der Waals surface area contributed by atoms with Gasteiger partial charge in [-0.05, 0) is 91.3 Å². The zero-order valence-corrected chi connectivity index (χ0v) is 28.8. The van der Waals surface area contributed by atoms with Crippen molar-refractivity contribution in [2.75, 3.05) is 19.6 Å². The number of pyridine rings is 2. The molecule has 2 fully saturated rings. The number of hydrogen-bond donors (Lipinski definition) is 3. The molecule has 0 radical (unpaired) electrons. The fourth-order valence-electron chi connectivity index (χ4n) is 7.64. The largest absolute Gasteiger partial charge is 0.508 e. The SMILES string of the molecule is Cc1ccc2nc(CNC3CCC(n4c(=O)c5cc(F)cnc5n(-c5cccc(-c6ccc(O)cc6CN6CCNC(=O)C6)c5)c4=O)CC3)cn2c1. The van der Waals surface area contributed by atoms with Gasteiger partial charge in [-0.25, -0.2) is 23.7 Å². The van der Waals surface area contributed by atoms with Crippen LogP contribution in [0.4, 0.5) is 4.39 Å². The van der Waals surface area contributed by atoms with Crippen molar-refractivity contribution in [1.29, 1.82) is 0 Å². The number of nitrogens with zero attached hydrogens (tertiary/aromatic N) is 6. The Morgan fingerprint density at radius 2 is 1.85 bits per heavy atom. The lowest BCUT2D eigenvalue weighted by Crippen LogP contribution is -2.47. The van der Waals surface area contributed by atoms with Gasteiger partial charge in [-0.15, -0.1) is 0 Å². The van der Waals surface area contributed by atoms with E-state index in [1.54, 1.807) is 18.2 Å². The monoisotopic (exact) mass is 702 g/mol. The number of aromatic hydroxyl groups is 1. The van der Waals surface area contributed by atoms with Crippen LogP contribution < -0.4 is 21.9 Å². The van der Waals surface area contributed by atoms with Gasteiger partial charge < -0.3 is 20.1 Å². The number of piperazine rings is 1. The van der Waals surface area contributed by atoms with E-state index in [9.17, 15) is 23.9 Å². The van der Waals surface area contributed by atoms with Crippen LogP contribution in [0, 0.1) is 12.7 Å². The number of amides is 1. The summed E-state index contributed by atoms with van der Waals surface area (Å²) in [6, 6.07) is 17.4. The third-order valence-electron chi connectivity index (χ3n) is 10.2. The van der Waals surface area contributed by atoms with E-state index in [1.807, 2.05) is 65.0 Å². The number of aryl methyl sites for hydroxylation is 1. The standard InChI is InChI=1S/C39H39FN8O4/c1-24-5-12-35-44-29(22-46(35)20-24)19-42-28-6-8-30(9-7-28)48-38(51)34-17-27(40)18-43-37(34)47(39(48)52)31-4-2-3-25(15-31)33-11-10-32(49)16-26(33)21-45-14-13-41-36(50)23-45/h2-5,10-12,15-18,20,22,28,30,42,49H,6-9,13-14,19,21,23H2,1H3,(H,41,50). The highest BCUT2D eigenvalue weighted by Crippen LogP contribution is 2.31. The maximum atomic E-state index is 14.6. The van der Waals surface area contributed by atoms with Crippen molar-refractivity contribution < 1.29 is 14.3 Å². The van der Waals surface area contributed by atoms with Gasteiger partial charge in [-0.3, -0.25) is 19.1 Å². The number of carbonyl (C=O) groups excluding carboxylic acids is 1. The highest BCUT2D eigenvalue weighted by molar-refractivity contribution is 5.79. The Morgan fingerprint density at radius 3 is 2.67 bits per heavy atom. The summed E-state index contributed by atoms with van der Waals surface area (Å²) in [5.41, 5.74) is 4.85. The lowest BCUT2D eigenvalue weighted by Gasteiger charge is -2.30. The molecule has 52 heavy (non-hydrogen) atoms. The van der Waals surface area contributed by atoms with Crippen molar-refractivity contribution in [3.8, 4) is 22.6 Å². The number of nitrogens with one attached hydrogen (secondary N) is 2. The third-order valence-corrected chi connectivity index (χ3v) is 10.2. The molecule has 2 aromatic carbocycles. The lowest BCUT2D eigenvalue weighted by atomic mass is 9.91. The summed E-state index contributed by atoms with van der Waals surface area (Å²) in [6.07, 6.45) is 7.78. The average Bonchev–Trinajstić information content (AvgIpc) is 3.54. The summed E-state index contributed by atoms with van der Waals surface area (Å²) in [7, 11) is 0. The molecular weight excluding hydrogens is 663 g/mol. The Kier molecular flexibility index (Phi) is 8.89. The minimum Gasteiger partial charge on any atom is -0.508 e. The zero-order chi connectivity index (χ0) is 35.9. The molecule has 3 N–H and O–H groups in total. The number of halogens is 1. The van der Waals surface area contributed by atoms with Crippen LogP contribution in [-0.4, -0.2) is 65.1 Å². The highest BCUT2D eigenvalue weighted by atomic mass is 19.1. The van der Waals surface area contributed by atoms with E-state index in [0.717, 1.165) is 58.7 Å². The van der Waals surface area contributed by atoms with E-state index in [2.05, 4.69) is 15.6 Å². The first kappa shape index (κ1) is 33.5. The maximum absolute atomic E-state index is 14.6. The second-order valence-electron chi connectivity index (χ2n) is 13.9. The van der Waals surface area contributed by atoms with Gasteiger partial charge in [-0.1, -0.05) is 24.3 Å². The molecule has 0 spiro atoms. The Morgan fingerprint density at radius 1 is 1.00 bits per heavy atom. The number of rotatable bonds is 8. The topological polar surface area (TPSA) is 139 Å². The number of fused-ring (bicyclic) bond motifs is 2. The van der Waals surface area contributed by atoms with Crippen LogP contribution >= 0.6 is 0 Å². The van der Waals surface area contributed by atoms with Gasteiger partial charge >= 0.3 is 5.69 Å². The van der Waals surface area contributed by atoms with Crippen molar-refractivity contribution in [2.45, 2.75) is 57.8 Å². The van der Waals surface area contributed by atoms with Crippen molar-refractivity contribution in [1.82, 2.24) is 39.0 Å². The Labute approximate surface area is 298 Å². The highest BCUT2D eigenvalue weighted by Gasteiger charge is 2.28. The summed E-state index contributed by atoms with van der Waals surface area (Å²) >= 11 is 0. The summed E-state index contributed by atoms with van der Waals surface area (Å²) in [5, 5.41) is 16.8. The van der Waals surface area contributed by atoms with E-state index in [4.69, 9.17) is 4.98 Å². The molecule has 5 heterocycles. The van der Waals surface area contributed by atoms with Crippen molar-refractivity contribution in [2.24, 2.45) is 0 Å². The van der Waals surface area contributed by atoms with Gasteiger partial charge in [0.05, 0.1) is 29.5 Å². The molecular formula is C39H39FN8O4. The third kappa shape index (κ3) is 6.60. The van der Waals surface area contributed by atoms with Gasteiger partial charge in [0.2, 0.25) is 5.91 Å². The molecule has 12 nitrogen and oxygen atoms in total. The molecule has 6 aromatic rings. The van der Waals surface area contributed by atoms with E-state index >= 15 is 0 Å². The molecule has 1 aliphatic heterocycles. The van der Waals surface area contributed by atoms with E-state index in [-0.39, 0.29) is 41.3 Å². The smallest absolute Gasteiger partial charge is 0.337 e. The molecule has 2 aliphatic rings. The molecule has 1 aliphatic carbocycles. The van der Waals surface area contributed by atoms with Gasteiger partial charge in [0, 0.05) is 50.7 Å². The molecule has 0 unspecified atom stereocenters. The van der Waals surface area contributed by atoms with Crippen molar-refractivity contribution in [3.05, 3.63) is 123 Å². The number of hydrogen-bond acceptors (Lipinski definition) is 8. The number of aromatic nitrogens is 5. The van der Waals surface area contributed by atoms with Crippen LogP contribution in [0.1, 0.15) is 48.5 Å². The molecule has 266 valence electrons. The van der Waals surface area contributed by atoms with E-state index in [0.29, 0.717) is 44.7 Å². The van der Waals surface area contributed by atoms with Crippen LogP contribution in [0.3, 0.4) is 0 Å². The molecule has 13 heteroatoms. The number of phenols is 1. The first-order chi connectivity index (χ1) is 25.2. The number of benzene rings is 2. The minimum atomic E-state index is -0.662. The molecule has 0 bridgehead atoms. The molecule has 4 aromatic heterocycles. The number of imidazole rings is 1. The first-order valence-electron chi connectivity index (χ1n) is 17.6. The fraction of sp³-hybridized carbons (Fsp3) is 0.308. The van der Waals surface area contributed by atoms with Gasteiger partial charge in [0.1, 0.15) is 17.2 Å². The second kappa shape index (κ2) is 13.8. The van der Waals surface area contributed by atoms with Crippen molar-refractivity contribution >= 4 is 22.6 Å². The van der Waals surface area contributed by atoms with E-state index in [1.165, 1.54) is 9.13 Å². The van der Waals surface area contributed by atoms with Gasteiger partial charge in [0.15, 0.2) is 5.65 Å². The lowest BCUT2D eigenvalue weighted by molar-refractivity contribution is -0.124. The molecule has 8 rings (SSSR count). The zero-order valence-electron chi connectivity index (χ0n) is 28.8. The van der Waals surface area contributed by atoms with Crippen LogP contribution in [0.5, 0.6) is 5.75 Å². The molecule has 1 amide bonds. The summed E-state index contributed by atoms with van der Waals surface area (Å²) in [6.45, 7) is 4.56. The number of carbonyl (C=O) groups is 1. The molecule has 1 saturated heterocycles. The normalized spacial score (nSPS) is 18.2. The average molecular weight is 703 g/mol. The maximum Gasteiger partial charge on any atom is 0.337 e. The summed E-state index contributed by atoms with van der Waals surface area (Å²) < 4.78 is 19.3. The molecule has 0 atom stereocenters. The first-order valence-corrected chi connectivity index (χ1v) is 17.6. The van der Waals surface area contributed by atoms with Gasteiger partial charge in [-0.2, -0.15) is 0 Å². The summed E-state index contributed by atoms with van der Waals surface area (Å²) in [5.74, 6) is -0.611. The fourth-order valence-corrected chi connectivity index (χ4v) is 7.64. The van der Waals surface area contributed by atoms with Crippen molar-refractivity contribution in [3.63, 3.8) is 0 Å². The van der Waals surface area contributed by atoms with E-state index < -0.39 is 17.1 Å². The van der Waals surface area contributed by atoms with Gasteiger partial charge in [0.25, 0.3) is 5.56 Å². The predicted molar refractivity (Wildman–Crippen MR) is 195 cm³/mol. The predicted octanol–water partition coefficient (Wildman–Crippen LogP) is 4.22. The van der Waals surface area contributed by atoms with Crippen LogP contribution in [0.2, 0.25) is 0 Å². The quantitative estimate of drug-likeness (QED) is 0.215. The number of phenolic OH excluding ortho intramolecular Hbond substituents is 1. The minimum absolute atomic E-state index is 0.0287. The van der Waals surface area contributed by atoms with Crippen LogP contribution in [0.25, 0.3) is 33.5 Å². The Bertz CT molecular complexity index is 2450. The Balaban J connectivity index is 1.09.